The molecule has 0 aliphatic heterocycles. The van der Waals surface area contributed by atoms with Crippen molar-refractivity contribution in [1.29, 1.82) is 0 Å². The minimum absolute atomic E-state index is 0.0450. The van der Waals surface area contributed by atoms with Crippen molar-refractivity contribution >= 4 is 28.6 Å². The minimum atomic E-state index is -0.966. The summed E-state index contributed by atoms with van der Waals surface area (Å²) < 4.78 is 7.91. The molecule has 23 heavy (non-hydrogen) atoms. The maximum absolute atomic E-state index is 10.8. The number of carboxylic acid groups (broad SMARTS) is 1. The Kier molecular flexibility index (Phi) is 3.62. The van der Waals surface area contributed by atoms with Gasteiger partial charge in [-0.05, 0) is 24.3 Å². The number of nitrogens with one attached hydrogen (secondary N) is 1. The maximum atomic E-state index is 10.8. The zero-order valence-corrected chi connectivity index (χ0v) is 12.0. The summed E-state index contributed by atoms with van der Waals surface area (Å²) in [4.78, 5) is 27.0. The highest BCUT2D eigenvalue weighted by Crippen LogP contribution is 2.13. The number of nitrogens with two attached hydrogens (primary N) is 1. The normalized spacial score (nSPS) is 11.2. The number of carboxylic acids is 1. The Labute approximate surface area is 132 Å². The molecular weight excluding hydrogens is 296 g/mol. The molecule has 0 aliphatic carbocycles. The highest BCUT2D eigenvalue weighted by molar-refractivity contribution is 5.88. The molecule has 3 rings (SSSR count). The van der Waals surface area contributed by atoms with E-state index in [1.807, 2.05) is 0 Å². The predicted octanol–water partition coefficient (Wildman–Crippen LogP) is 1.35. The van der Waals surface area contributed by atoms with E-state index >= 15 is 0 Å². The van der Waals surface area contributed by atoms with E-state index < -0.39 is 5.97 Å². The predicted molar refractivity (Wildman–Crippen MR) is 85.1 cm³/mol. The van der Waals surface area contributed by atoms with Gasteiger partial charge in [-0.2, -0.15) is 0 Å². The molecule has 0 spiro atoms. The van der Waals surface area contributed by atoms with Crippen LogP contribution in [-0.4, -0.2) is 37.6 Å². The number of aromatic carboxylic acids is 1. The molecule has 0 atom stereocenters. The Balaban J connectivity index is 1.70. The number of aromatic nitrogens is 4. The van der Waals surface area contributed by atoms with Gasteiger partial charge >= 0.3 is 5.97 Å². The molecule has 8 nitrogen and oxygen atoms in total. The van der Waals surface area contributed by atoms with Gasteiger partial charge in [0.15, 0.2) is 17.0 Å². The molecule has 0 unspecified atom stereocenters. The molecule has 0 amide bonds. The number of fused-ring (bicyclic) bond motifs is 1. The van der Waals surface area contributed by atoms with Crippen molar-refractivity contribution in [2.45, 2.75) is 6.42 Å². The van der Waals surface area contributed by atoms with Crippen LogP contribution in [-0.2, 0) is 6.42 Å². The third kappa shape index (κ3) is 3.31. The van der Waals surface area contributed by atoms with Crippen LogP contribution >= 0.6 is 0 Å². The lowest BCUT2D eigenvalue weighted by Gasteiger charge is -2.07. The molecule has 2 heterocycles. The first-order valence-corrected chi connectivity index (χ1v) is 6.85. The van der Waals surface area contributed by atoms with Gasteiger partial charge in [-0.3, -0.25) is 0 Å². The van der Waals surface area contributed by atoms with Crippen molar-refractivity contribution in [2.24, 2.45) is 0 Å². The van der Waals surface area contributed by atoms with Gasteiger partial charge in [0, 0.05) is 18.7 Å². The Morgan fingerprint density at radius 2 is 2.04 bits per heavy atom. The topological polar surface area (TPSA) is 127 Å². The summed E-state index contributed by atoms with van der Waals surface area (Å²) in [5, 5.41) is 12.0. The molecule has 0 bridgehead atoms. The molecule has 0 radical (unpaired) electrons. The number of anilines is 2. The van der Waals surface area contributed by atoms with Crippen LogP contribution in [0.1, 0.15) is 17.4 Å². The fraction of sp³-hybridized carbons (Fsp3) is 0.133. The Morgan fingerprint density at radius 1 is 1.26 bits per heavy atom. The molecule has 116 valence electrons. The average Bonchev–Trinajstić information content (AvgIpc) is 2.56. The van der Waals surface area contributed by atoms with Gasteiger partial charge in [0.25, 0.3) is 0 Å². The lowest BCUT2D eigenvalue weighted by Crippen LogP contribution is -2.08. The number of hydrogen-bond acceptors (Lipinski definition) is 7. The second kappa shape index (κ2) is 6.22. The van der Waals surface area contributed by atoms with Crippen molar-refractivity contribution < 1.29 is 11.3 Å². The number of nitrogen functional groups attached to an aromatic ring is 1. The average molecular weight is 311 g/mol. The minimum Gasteiger partial charge on any atom is -0.478 e. The van der Waals surface area contributed by atoms with E-state index in [-0.39, 0.29) is 17.6 Å². The second-order valence-corrected chi connectivity index (χ2v) is 4.77. The van der Waals surface area contributed by atoms with Crippen LogP contribution in [0.4, 0.5) is 11.5 Å². The van der Waals surface area contributed by atoms with Crippen LogP contribution in [0.15, 0.2) is 36.8 Å². The lowest BCUT2D eigenvalue weighted by molar-refractivity contribution is 0.0697. The fourth-order valence-corrected chi connectivity index (χ4v) is 2.02. The van der Waals surface area contributed by atoms with E-state index in [2.05, 4.69) is 25.3 Å². The summed E-state index contributed by atoms with van der Waals surface area (Å²) >= 11 is 0. The highest BCUT2D eigenvalue weighted by atomic mass is 16.4. The largest absolute Gasteiger partial charge is 0.478 e. The first-order valence-electron chi connectivity index (χ1n) is 7.35. The quantitative estimate of drug-likeness (QED) is 0.644. The van der Waals surface area contributed by atoms with Gasteiger partial charge < -0.3 is 16.2 Å². The van der Waals surface area contributed by atoms with Gasteiger partial charge in [-0.25, -0.2) is 24.7 Å². The molecule has 4 N–H and O–H groups in total. The van der Waals surface area contributed by atoms with Crippen molar-refractivity contribution in [2.75, 3.05) is 17.6 Å². The highest BCUT2D eigenvalue weighted by Gasteiger charge is 2.05. The number of hydrogen-bond donors (Lipinski definition) is 3. The van der Waals surface area contributed by atoms with Crippen molar-refractivity contribution in [3.63, 3.8) is 0 Å². The zero-order chi connectivity index (χ0) is 17.1. The summed E-state index contributed by atoms with van der Waals surface area (Å²) in [6, 6.07) is 6.41. The number of rotatable bonds is 5. The Bertz CT molecular complexity index is 900. The first-order chi connectivity index (χ1) is 11.5. The zero-order valence-electron chi connectivity index (χ0n) is 13.0. The van der Waals surface area contributed by atoms with Crippen molar-refractivity contribution in [1.82, 2.24) is 19.9 Å². The molecule has 2 aromatic heterocycles. The summed E-state index contributed by atoms with van der Waals surface area (Å²) in [6.45, 7) is 0.506. The van der Waals surface area contributed by atoms with Gasteiger partial charge in [0.1, 0.15) is 6.33 Å². The number of benzene rings is 1. The first kappa shape index (κ1) is 13.4. The van der Waals surface area contributed by atoms with Gasteiger partial charge in [0.2, 0.25) is 0 Å². The Hall–Kier alpha value is -3.29. The molecule has 0 fully saturated rings. The standard InChI is InChI=1S/C15H14N6O2/c16-13-12-14(20-8-19-13)18-7-11(21-12)5-6-17-10-3-1-9(2-4-10)15(22)23/h1-4,7-8,17H,5-6H2,(H,22,23)(H2,16,18,19,20)/i7D. The van der Waals surface area contributed by atoms with E-state index in [9.17, 15) is 4.79 Å². The second-order valence-electron chi connectivity index (χ2n) is 4.77. The third-order valence-corrected chi connectivity index (χ3v) is 3.19. The van der Waals surface area contributed by atoms with E-state index in [0.29, 0.717) is 29.8 Å². The van der Waals surface area contributed by atoms with Gasteiger partial charge in [-0.1, -0.05) is 0 Å². The fourth-order valence-electron chi connectivity index (χ4n) is 2.02. The summed E-state index contributed by atoms with van der Waals surface area (Å²) in [5.74, 6) is -0.738. The van der Waals surface area contributed by atoms with Crippen LogP contribution in [0.2, 0.25) is 0 Å². The van der Waals surface area contributed by atoms with Crippen LogP contribution in [0, 0.1) is 0 Å². The van der Waals surface area contributed by atoms with Crippen molar-refractivity contribution in [3.05, 3.63) is 48.0 Å². The summed E-state index contributed by atoms with van der Waals surface area (Å²) in [5.41, 5.74) is 7.93. The van der Waals surface area contributed by atoms with Crippen LogP contribution in [0.5, 0.6) is 0 Å². The summed E-state index contributed by atoms with van der Waals surface area (Å²) in [6.07, 6.45) is 1.79. The summed E-state index contributed by atoms with van der Waals surface area (Å²) in [7, 11) is 0. The number of carbonyl (C=O) groups is 1. The van der Waals surface area contributed by atoms with Crippen LogP contribution in [0.25, 0.3) is 11.2 Å². The maximum Gasteiger partial charge on any atom is 0.335 e. The SMILES string of the molecule is [2H]c1nc2ncnc(N)c2nc1CCNc1ccc(C(=O)O)cc1. The molecular formula is C15H14N6O2. The van der Waals surface area contributed by atoms with Gasteiger partial charge in [-0.15, -0.1) is 0 Å². The van der Waals surface area contributed by atoms with E-state index in [0.717, 1.165) is 5.69 Å². The monoisotopic (exact) mass is 311 g/mol. The Morgan fingerprint density at radius 3 is 2.78 bits per heavy atom. The smallest absolute Gasteiger partial charge is 0.335 e. The van der Waals surface area contributed by atoms with Gasteiger partial charge in [0.05, 0.1) is 18.8 Å². The van der Waals surface area contributed by atoms with Crippen LogP contribution in [0.3, 0.4) is 0 Å². The molecule has 0 saturated heterocycles. The van der Waals surface area contributed by atoms with E-state index in [1.165, 1.54) is 18.5 Å². The van der Waals surface area contributed by atoms with Crippen LogP contribution < -0.4 is 11.1 Å². The molecule has 0 saturated carbocycles. The third-order valence-electron chi connectivity index (χ3n) is 3.19. The molecule has 0 aliphatic rings. The van der Waals surface area contributed by atoms with E-state index in [1.54, 1.807) is 12.1 Å². The molecule has 3 aromatic rings. The number of nitrogens with zero attached hydrogens (tertiary/aromatic N) is 4. The lowest BCUT2D eigenvalue weighted by atomic mass is 10.2. The molecule has 1 aromatic carbocycles. The molecule has 8 heteroatoms. The van der Waals surface area contributed by atoms with Crippen molar-refractivity contribution in [3.8, 4) is 0 Å². The van der Waals surface area contributed by atoms with E-state index in [4.69, 9.17) is 12.2 Å².